The van der Waals surface area contributed by atoms with E-state index in [-0.39, 0.29) is 18.9 Å². The maximum absolute atomic E-state index is 12.8. The third kappa shape index (κ3) is 4.92. The SMILES string of the molecule is CCCCCCCCN1CC(S(=O)(=O)F)CC1=O. The summed E-state index contributed by atoms with van der Waals surface area (Å²) in [6.45, 7) is 2.73. The Kier molecular flexibility index (Phi) is 6.05. The summed E-state index contributed by atoms with van der Waals surface area (Å²) in [7, 11) is -4.57. The van der Waals surface area contributed by atoms with E-state index < -0.39 is 15.5 Å². The lowest BCUT2D eigenvalue weighted by Crippen LogP contribution is -2.28. The van der Waals surface area contributed by atoms with Gasteiger partial charge in [0.05, 0.1) is 0 Å². The van der Waals surface area contributed by atoms with Gasteiger partial charge in [0.25, 0.3) is 0 Å². The van der Waals surface area contributed by atoms with Gasteiger partial charge >= 0.3 is 10.2 Å². The molecule has 0 bridgehead atoms. The number of carbonyl (C=O) groups excluding carboxylic acids is 1. The van der Waals surface area contributed by atoms with Crippen molar-refractivity contribution < 1.29 is 17.1 Å². The monoisotopic (exact) mass is 279 g/mol. The second kappa shape index (κ2) is 7.07. The molecule has 4 nitrogen and oxygen atoms in total. The largest absolute Gasteiger partial charge is 0.341 e. The highest BCUT2D eigenvalue weighted by Gasteiger charge is 2.37. The van der Waals surface area contributed by atoms with E-state index in [0.717, 1.165) is 19.3 Å². The third-order valence-corrected chi connectivity index (χ3v) is 4.47. The molecule has 1 atom stereocenters. The van der Waals surface area contributed by atoms with Gasteiger partial charge in [0.1, 0.15) is 5.25 Å². The van der Waals surface area contributed by atoms with Crippen LogP contribution in [0.15, 0.2) is 0 Å². The van der Waals surface area contributed by atoms with Gasteiger partial charge in [0.15, 0.2) is 0 Å². The van der Waals surface area contributed by atoms with Gasteiger partial charge in [-0.2, -0.15) is 8.42 Å². The summed E-state index contributed by atoms with van der Waals surface area (Å²) in [4.78, 5) is 13.0. The number of nitrogens with zero attached hydrogens (tertiary/aromatic N) is 1. The summed E-state index contributed by atoms with van der Waals surface area (Å²) in [6.07, 6.45) is 6.47. The predicted octanol–water partition coefficient (Wildman–Crippen LogP) is 2.25. The number of hydrogen-bond acceptors (Lipinski definition) is 3. The zero-order valence-corrected chi connectivity index (χ0v) is 11.7. The molecule has 0 aliphatic carbocycles. The van der Waals surface area contributed by atoms with E-state index in [1.807, 2.05) is 0 Å². The van der Waals surface area contributed by atoms with Crippen molar-refractivity contribution in [2.75, 3.05) is 13.1 Å². The van der Waals surface area contributed by atoms with Crippen LogP contribution in [0.4, 0.5) is 3.89 Å². The zero-order valence-electron chi connectivity index (χ0n) is 10.9. The Morgan fingerprint density at radius 1 is 1.22 bits per heavy atom. The number of rotatable bonds is 8. The van der Waals surface area contributed by atoms with Crippen LogP contribution in [-0.4, -0.2) is 37.6 Å². The highest BCUT2D eigenvalue weighted by atomic mass is 32.3. The first-order valence-electron chi connectivity index (χ1n) is 6.66. The van der Waals surface area contributed by atoms with Crippen LogP contribution in [0, 0.1) is 0 Å². The smallest absolute Gasteiger partial charge is 0.307 e. The molecular formula is C12H22FNO3S. The lowest BCUT2D eigenvalue weighted by molar-refractivity contribution is -0.127. The van der Waals surface area contributed by atoms with Crippen molar-refractivity contribution in [1.29, 1.82) is 0 Å². The lowest BCUT2D eigenvalue weighted by atomic mass is 10.1. The Labute approximate surface area is 109 Å². The third-order valence-electron chi connectivity index (χ3n) is 3.36. The molecule has 1 fully saturated rings. The molecule has 0 aromatic heterocycles. The van der Waals surface area contributed by atoms with Crippen molar-refractivity contribution in [3.8, 4) is 0 Å². The molecule has 6 heteroatoms. The fourth-order valence-electron chi connectivity index (χ4n) is 2.22. The summed E-state index contributed by atoms with van der Waals surface area (Å²) in [6, 6.07) is 0. The van der Waals surface area contributed by atoms with Crippen LogP contribution in [0.25, 0.3) is 0 Å². The molecule has 0 spiro atoms. The van der Waals surface area contributed by atoms with E-state index in [0.29, 0.717) is 6.54 Å². The maximum atomic E-state index is 12.8. The summed E-state index contributed by atoms with van der Waals surface area (Å²) in [5.41, 5.74) is 0. The first-order chi connectivity index (χ1) is 8.45. The number of hydrogen-bond donors (Lipinski definition) is 0. The quantitative estimate of drug-likeness (QED) is 0.506. The molecular weight excluding hydrogens is 257 g/mol. The van der Waals surface area contributed by atoms with E-state index in [2.05, 4.69) is 6.92 Å². The van der Waals surface area contributed by atoms with Crippen molar-refractivity contribution in [2.45, 2.75) is 57.1 Å². The van der Waals surface area contributed by atoms with Gasteiger partial charge in [0, 0.05) is 19.5 Å². The van der Waals surface area contributed by atoms with Gasteiger partial charge in [-0.05, 0) is 6.42 Å². The van der Waals surface area contributed by atoms with Crippen LogP contribution < -0.4 is 0 Å². The van der Waals surface area contributed by atoms with Crippen LogP contribution >= 0.6 is 0 Å². The Hall–Kier alpha value is -0.650. The van der Waals surface area contributed by atoms with Gasteiger partial charge in [-0.15, -0.1) is 3.89 Å². The van der Waals surface area contributed by atoms with E-state index in [1.54, 1.807) is 0 Å². The van der Waals surface area contributed by atoms with Crippen LogP contribution in [0.5, 0.6) is 0 Å². The highest BCUT2D eigenvalue weighted by Crippen LogP contribution is 2.20. The molecule has 18 heavy (non-hydrogen) atoms. The van der Waals surface area contributed by atoms with E-state index in [1.165, 1.54) is 24.2 Å². The van der Waals surface area contributed by atoms with Crippen molar-refractivity contribution in [3.05, 3.63) is 0 Å². The number of unbranched alkanes of at least 4 members (excludes halogenated alkanes) is 5. The number of halogens is 1. The molecule has 0 radical (unpaired) electrons. The second-order valence-corrected chi connectivity index (χ2v) is 6.53. The molecule has 0 N–H and O–H groups in total. The fourth-order valence-corrected chi connectivity index (χ4v) is 2.92. The average molecular weight is 279 g/mol. The molecule has 1 saturated heterocycles. The van der Waals surface area contributed by atoms with E-state index in [9.17, 15) is 17.1 Å². The van der Waals surface area contributed by atoms with Crippen LogP contribution in [0.1, 0.15) is 51.9 Å². The van der Waals surface area contributed by atoms with Gasteiger partial charge in [0.2, 0.25) is 5.91 Å². The Morgan fingerprint density at radius 3 is 2.39 bits per heavy atom. The second-order valence-electron chi connectivity index (χ2n) is 4.91. The van der Waals surface area contributed by atoms with Crippen LogP contribution in [-0.2, 0) is 15.0 Å². The topological polar surface area (TPSA) is 54.5 Å². The standard InChI is InChI=1S/C12H22FNO3S/c1-2-3-4-5-6-7-8-14-10-11(9-12(14)15)18(13,16)17/h11H,2-10H2,1H3. The molecule has 1 amide bonds. The van der Waals surface area contributed by atoms with Crippen LogP contribution in [0.3, 0.4) is 0 Å². The van der Waals surface area contributed by atoms with Crippen LogP contribution in [0.2, 0.25) is 0 Å². The fraction of sp³-hybridized carbons (Fsp3) is 0.917. The van der Waals surface area contributed by atoms with Gasteiger partial charge in [-0.1, -0.05) is 39.0 Å². The molecule has 0 saturated carbocycles. The van der Waals surface area contributed by atoms with Gasteiger partial charge < -0.3 is 4.90 Å². The summed E-state index contributed by atoms with van der Waals surface area (Å²) < 4.78 is 34.2. The summed E-state index contributed by atoms with van der Waals surface area (Å²) in [5, 5.41) is -1.15. The van der Waals surface area contributed by atoms with E-state index >= 15 is 0 Å². The Morgan fingerprint density at radius 2 is 1.83 bits per heavy atom. The first kappa shape index (κ1) is 15.4. The molecule has 1 rings (SSSR count). The van der Waals surface area contributed by atoms with Crippen molar-refractivity contribution in [1.82, 2.24) is 4.90 Å². The highest BCUT2D eigenvalue weighted by molar-refractivity contribution is 7.87. The Bertz CT molecular complexity index is 370. The van der Waals surface area contributed by atoms with Crippen molar-refractivity contribution in [2.24, 2.45) is 0 Å². The van der Waals surface area contributed by atoms with Gasteiger partial charge in [-0.3, -0.25) is 4.79 Å². The molecule has 1 aliphatic heterocycles. The number of likely N-dealkylation sites (tertiary alicyclic amines) is 1. The Balaban J connectivity index is 2.22. The molecule has 1 aliphatic rings. The minimum Gasteiger partial charge on any atom is -0.341 e. The average Bonchev–Trinajstić information content (AvgIpc) is 2.65. The van der Waals surface area contributed by atoms with E-state index in [4.69, 9.17) is 0 Å². The predicted molar refractivity (Wildman–Crippen MR) is 68.4 cm³/mol. The molecule has 0 aromatic rings. The zero-order chi connectivity index (χ0) is 13.6. The minimum atomic E-state index is -4.57. The molecule has 1 heterocycles. The van der Waals surface area contributed by atoms with Crippen molar-refractivity contribution >= 4 is 16.1 Å². The summed E-state index contributed by atoms with van der Waals surface area (Å²) in [5.74, 6) is -0.241. The summed E-state index contributed by atoms with van der Waals surface area (Å²) >= 11 is 0. The maximum Gasteiger partial charge on any atom is 0.307 e. The normalized spacial score (nSPS) is 20.7. The molecule has 106 valence electrons. The lowest BCUT2D eigenvalue weighted by Gasteiger charge is -2.15. The number of carbonyl (C=O) groups is 1. The minimum absolute atomic E-state index is 0.0205. The molecule has 1 unspecified atom stereocenters. The molecule has 0 aromatic carbocycles. The number of amides is 1. The van der Waals surface area contributed by atoms with Crippen molar-refractivity contribution in [3.63, 3.8) is 0 Å². The first-order valence-corrected chi connectivity index (χ1v) is 8.11. The van der Waals surface area contributed by atoms with Gasteiger partial charge in [-0.25, -0.2) is 0 Å².